The van der Waals surface area contributed by atoms with Crippen LogP contribution in [0.5, 0.6) is 0 Å². The van der Waals surface area contributed by atoms with Crippen molar-refractivity contribution in [2.45, 2.75) is 18.5 Å². The van der Waals surface area contributed by atoms with Gasteiger partial charge in [-0.1, -0.05) is 23.7 Å². The smallest absolute Gasteiger partial charge is 0.241 e. The van der Waals surface area contributed by atoms with Crippen LogP contribution in [0.4, 0.5) is 10.1 Å². The Kier molecular flexibility index (Phi) is 5.29. The maximum absolute atomic E-state index is 13.1. The molecule has 0 radical (unpaired) electrons. The quantitative estimate of drug-likeness (QED) is 0.848. The molecule has 2 atom stereocenters. The lowest BCUT2D eigenvalue weighted by Crippen LogP contribution is -2.53. The number of anilines is 1. The maximum atomic E-state index is 13.1. The Morgan fingerprint density at radius 2 is 1.63 bits per heavy atom. The molecule has 2 saturated heterocycles. The second kappa shape index (κ2) is 7.84. The molecule has 0 spiro atoms. The molecule has 4 rings (SSSR count). The molecular formula is C20H22ClFN4O. The number of amides is 1. The second-order valence-electron chi connectivity index (χ2n) is 6.97. The number of hydrogen-bond acceptors (Lipinski definition) is 4. The van der Waals surface area contributed by atoms with Crippen molar-refractivity contribution in [3.05, 3.63) is 64.9 Å². The largest absolute Gasteiger partial charge is 0.368 e. The van der Waals surface area contributed by atoms with Gasteiger partial charge in [0.25, 0.3) is 0 Å². The van der Waals surface area contributed by atoms with E-state index in [-0.39, 0.29) is 23.8 Å². The van der Waals surface area contributed by atoms with Crippen molar-refractivity contribution in [3.8, 4) is 0 Å². The van der Waals surface area contributed by atoms with E-state index in [0.29, 0.717) is 24.5 Å². The lowest BCUT2D eigenvalue weighted by atomic mass is 10.0. The van der Waals surface area contributed by atoms with Gasteiger partial charge in [-0.25, -0.2) is 15.2 Å². The SMILES string of the molecule is O=C(C1CC(c2ccc(Cl)cc2)NN1)N1CCN(c2ccc(F)cc2)CC1. The van der Waals surface area contributed by atoms with Crippen LogP contribution in [0.15, 0.2) is 48.5 Å². The maximum Gasteiger partial charge on any atom is 0.241 e. The molecule has 1 amide bonds. The Morgan fingerprint density at radius 1 is 0.963 bits per heavy atom. The fourth-order valence-electron chi connectivity index (χ4n) is 3.69. The van der Waals surface area contributed by atoms with E-state index in [9.17, 15) is 9.18 Å². The first-order valence-corrected chi connectivity index (χ1v) is 9.54. The van der Waals surface area contributed by atoms with Crippen LogP contribution < -0.4 is 15.8 Å². The first-order chi connectivity index (χ1) is 13.1. The van der Waals surface area contributed by atoms with Gasteiger partial charge < -0.3 is 9.80 Å². The third-order valence-electron chi connectivity index (χ3n) is 5.26. The molecular weight excluding hydrogens is 367 g/mol. The molecule has 2 N–H and O–H groups in total. The Morgan fingerprint density at radius 3 is 2.30 bits per heavy atom. The zero-order valence-corrected chi connectivity index (χ0v) is 15.6. The van der Waals surface area contributed by atoms with Gasteiger partial charge in [0.2, 0.25) is 5.91 Å². The highest BCUT2D eigenvalue weighted by atomic mass is 35.5. The Bertz CT molecular complexity index is 791. The minimum absolute atomic E-state index is 0.0942. The fraction of sp³-hybridized carbons (Fsp3) is 0.350. The summed E-state index contributed by atoms with van der Waals surface area (Å²) in [6.45, 7) is 2.83. The standard InChI is InChI=1S/C20H22ClFN4O/c21-15-3-1-14(2-4-15)18-13-19(24-23-18)20(27)26-11-9-25(10-12-26)17-7-5-16(22)6-8-17/h1-8,18-19,23-24H,9-13H2. The van der Waals surface area contributed by atoms with Crippen molar-refractivity contribution >= 4 is 23.2 Å². The molecule has 0 bridgehead atoms. The first kappa shape index (κ1) is 18.2. The fourth-order valence-corrected chi connectivity index (χ4v) is 3.82. The summed E-state index contributed by atoms with van der Waals surface area (Å²) in [4.78, 5) is 16.9. The first-order valence-electron chi connectivity index (χ1n) is 9.16. The highest BCUT2D eigenvalue weighted by Gasteiger charge is 2.34. The van der Waals surface area contributed by atoms with Gasteiger partial charge in [-0.05, 0) is 48.4 Å². The lowest BCUT2D eigenvalue weighted by molar-refractivity contribution is -0.133. The number of carbonyl (C=O) groups is 1. The van der Waals surface area contributed by atoms with Crippen molar-refractivity contribution < 1.29 is 9.18 Å². The van der Waals surface area contributed by atoms with Crippen molar-refractivity contribution in [1.29, 1.82) is 0 Å². The van der Waals surface area contributed by atoms with E-state index in [1.807, 2.05) is 29.2 Å². The summed E-state index contributed by atoms with van der Waals surface area (Å²) in [5, 5.41) is 0.705. The minimum Gasteiger partial charge on any atom is -0.368 e. The van der Waals surface area contributed by atoms with Gasteiger partial charge in [-0.15, -0.1) is 0 Å². The van der Waals surface area contributed by atoms with Crippen LogP contribution in [-0.2, 0) is 4.79 Å². The van der Waals surface area contributed by atoms with Crippen molar-refractivity contribution in [3.63, 3.8) is 0 Å². The van der Waals surface area contributed by atoms with Crippen molar-refractivity contribution in [2.24, 2.45) is 0 Å². The third kappa shape index (κ3) is 4.08. The second-order valence-corrected chi connectivity index (χ2v) is 7.41. The number of halogens is 2. The molecule has 5 nitrogen and oxygen atoms in total. The summed E-state index contributed by atoms with van der Waals surface area (Å²) in [6.07, 6.45) is 0.707. The van der Waals surface area contributed by atoms with Crippen LogP contribution in [0.1, 0.15) is 18.0 Å². The number of nitrogens with one attached hydrogen (secondary N) is 2. The van der Waals surface area contributed by atoms with Crippen LogP contribution in [0, 0.1) is 5.82 Å². The molecule has 0 aliphatic carbocycles. The highest BCUT2D eigenvalue weighted by Crippen LogP contribution is 2.25. The number of hydrogen-bond donors (Lipinski definition) is 2. The number of nitrogens with zero attached hydrogens (tertiary/aromatic N) is 2. The average molecular weight is 389 g/mol. The van der Waals surface area contributed by atoms with E-state index >= 15 is 0 Å². The van der Waals surface area contributed by atoms with Gasteiger partial charge in [0.15, 0.2) is 0 Å². The van der Waals surface area contributed by atoms with Gasteiger partial charge in [0, 0.05) is 42.9 Å². The molecule has 0 aromatic heterocycles. The summed E-state index contributed by atoms with van der Waals surface area (Å²) >= 11 is 5.94. The Hall–Kier alpha value is -2.15. The zero-order chi connectivity index (χ0) is 18.8. The highest BCUT2D eigenvalue weighted by molar-refractivity contribution is 6.30. The topological polar surface area (TPSA) is 47.6 Å². The number of rotatable bonds is 3. The van der Waals surface area contributed by atoms with Gasteiger partial charge in [-0.2, -0.15) is 0 Å². The van der Waals surface area contributed by atoms with Crippen LogP contribution in [0.3, 0.4) is 0 Å². The third-order valence-corrected chi connectivity index (χ3v) is 5.51. The summed E-state index contributed by atoms with van der Waals surface area (Å²) in [6, 6.07) is 14.1. The van der Waals surface area contributed by atoms with E-state index < -0.39 is 0 Å². The van der Waals surface area contributed by atoms with Crippen molar-refractivity contribution in [2.75, 3.05) is 31.1 Å². The minimum atomic E-state index is -0.234. The molecule has 2 aromatic rings. The van der Waals surface area contributed by atoms with Gasteiger partial charge >= 0.3 is 0 Å². The predicted molar refractivity (Wildman–Crippen MR) is 104 cm³/mol. The van der Waals surface area contributed by atoms with Crippen LogP contribution in [0.2, 0.25) is 5.02 Å². The number of benzene rings is 2. The number of carbonyl (C=O) groups excluding carboxylic acids is 1. The Balaban J connectivity index is 1.32. The molecule has 2 unspecified atom stereocenters. The Labute approximate surface area is 163 Å². The summed E-state index contributed by atoms with van der Waals surface area (Å²) in [5.74, 6) is -0.111. The molecule has 2 aliphatic heterocycles. The van der Waals surface area contributed by atoms with Gasteiger partial charge in [0.1, 0.15) is 11.9 Å². The predicted octanol–water partition coefficient (Wildman–Crippen LogP) is 2.74. The number of piperazine rings is 1. The zero-order valence-electron chi connectivity index (χ0n) is 14.9. The number of hydrazine groups is 1. The monoisotopic (exact) mass is 388 g/mol. The van der Waals surface area contributed by atoms with Crippen LogP contribution in [-0.4, -0.2) is 43.0 Å². The normalized spacial score (nSPS) is 22.9. The van der Waals surface area contributed by atoms with Crippen LogP contribution in [0.25, 0.3) is 0 Å². The summed E-state index contributed by atoms with van der Waals surface area (Å²) in [5.41, 5.74) is 8.46. The lowest BCUT2D eigenvalue weighted by Gasteiger charge is -2.37. The van der Waals surface area contributed by atoms with Gasteiger partial charge in [0.05, 0.1) is 0 Å². The molecule has 2 fully saturated rings. The molecule has 2 aromatic carbocycles. The summed E-state index contributed by atoms with van der Waals surface area (Å²) < 4.78 is 13.1. The molecule has 0 saturated carbocycles. The van der Waals surface area contributed by atoms with E-state index in [2.05, 4.69) is 15.8 Å². The molecule has 2 heterocycles. The molecule has 7 heteroatoms. The van der Waals surface area contributed by atoms with Gasteiger partial charge in [-0.3, -0.25) is 4.79 Å². The summed E-state index contributed by atoms with van der Waals surface area (Å²) in [7, 11) is 0. The van der Waals surface area contributed by atoms with Crippen molar-refractivity contribution in [1.82, 2.24) is 15.8 Å². The molecule has 2 aliphatic rings. The molecule has 27 heavy (non-hydrogen) atoms. The van der Waals surface area contributed by atoms with E-state index in [0.717, 1.165) is 24.3 Å². The van der Waals surface area contributed by atoms with Crippen LogP contribution >= 0.6 is 11.6 Å². The van der Waals surface area contributed by atoms with E-state index in [1.165, 1.54) is 12.1 Å². The van der Waals surface area contributed by atoms with E-state index in [1.54, 1.807) is 12.1 Å². The van der Waals surface area contributed by atoms with E-state index in [4.69, 9.17) is 11.6 Å². The average Bonchev–Trinajstić information content (AvgIpc) is 3.19. The molecule has 142 valence electrons.